The van der Waals surface area contributed by atoms with Crippen LogP contribution in [0.1, 0.15) is 24.0 Å². The number of hydrogen-bond acceptors (Lipinski definition) is 3. The van der Waals surface area contributed by atoms with Gasteiger partial charge in [0, 0.05) is 44.3 Å². The van der Waals surface area contributed by atoms with E-state index in [1.165, 1.54) is 29.7 Å². The molecule has 110 valence electrons. The number of rotatable bonds is 7. The van der Waals surface area contributed by atoms with Gasteiger partial charge in [-0.15, -0.1) is 0 Å². The minimum absolute atomic E-state index is 0.750. The number of aromatic nitrogens is 1. The standard InChI is InChI=1S/C18H23N3/c1-21(13-10-15-8-11-19-12-9-15)18-5-3-2-4-16(18)14-20-17-6-7-17/h2-5,8-9,11-12,17,20H,6-7,10,13-14H2,1H3. The van der Waals surface area contributed by atoms with Gasteiger partial charge >= 0.3 is 0 Å². The number of likely N-dealkylation sites (N-methyl/N-ethyl adjacent to an activating group) is 1. The minimum Gasteiger partial charge on any atom is -0.374 e. The molecule has 2 aromatic rings. The lowest BCUT2D eigenvalue weighted by atomic mass is 10.1. The van der Waals surface area contributed by atoms with Crippen molar-refractivity contribution in [1.82, 2.24) is 10.3 Å². The number of pyridine rings is 1. The molecule has 1 saturated carbocycles. The van der Waals surface area contributed by atoms with Crippen LogP contribution in [-0.4, -0.2) is 24.6 Å². The summed E-state index contributed by atoms with van der Waals surface area (Å²) in [4.78, 5) is 6.42. The second-order valence-corrected chi connectivity index (χ2v) is 5.81. The van der Waals surface area contributed by atoms with E-state index in [0.717, 1.165) is 25.6 Å². The Kier molecular flexibility index (Phi) is 4.51. The molecule has 3 rings (SSSR count). The Bertz CT molecular complexity index is 564. The zero-order valence-electron chi connectivity index (χ0n) is 12.6. The van der Waals surface area contributed by atoms with Crippen molar-refractivity contribution in [3.8, 4) is 0 Å². The van der Waals surface area contributed by atoms with Gasteiger partial charge in [0.15, 0.2) is 0 Å². The Labute approximate surface area is 127 Å². The zero-order chi connectivity index (χ0) is 14.5. The van der Waals surface area contributed by atoms with Crippen LogP contribution in [0.4, 0.5) is 5.69 Å². The van der Waals surface area contributed by atoms with Crippen molar-refractivity contribution in [3.63, 3.8) is 0 Å². The summed E-state index contributed by atoms with van der Waals surface area (Å²) in [5, 5.41) is 3.61. The molecule has 1 N–H and O–H groups in total. The average molecular weight is 281 g/mol. The number of benzene rings is 1. The van der Waals surface area contributed by atoms with E-state index in [1.807, 2.05) is 12.4 Å². The first-order valence-corrected chi connectivity index (χ1v) is 7.74. The molecule has 3 nitrogen and oxygen atoms in total. The van der Waals surface area contributed by atoms with Crippen molar-refractivity contribution < 1.29 is 0 Å². The van der Waals surface area contributed by atoms with Gasteiger partial charge in [0.2, 0.25) is 0 Å². The third-order valence-electron chi connectivity index (χ3n) is 4.05. The molecule has 0 unspecified atom stereocenters. The molecule has 3 heteroatoms. The molecule has 0 spiro atoms. The molecular weight excluding hydrogens is 258 g/mol. The molecule has 0 radical (unpaired) electrons. The molecule has 1 aromatic heterocycles. The van der Waals surface area contributed by atoms with Crippen LogP contribution in [0.5, 0.6) is 0 Å². The van der Waals surface area contributed by atoms with Gasteiger partial charge in [0.1, 0.15) is 0 Å². The highest BCUT2D eigenvalue weighted by atomic mass is 15.1. The highest BCUT2D eigenvalue weighted by molar-refractivity contribution is 5.53. The van der Waals surface area contributed by atoms with E-state index in [9.17, 15) is 0 Å². The molecular formula is C18H23N3. The minimum atomic E-state index is 0.750. The van der Waals surface area contributed by atoms with Gasteiger partial charge in [-0.2, -0.15) is 0 Å². The lowest BCUT2D eigenvalue weighted by Gasteiger charge is -2.23. The largest absolute Gasteiger partial charge is 0.374 e. The first-order valence-electron chi connectivity index (χ1n) is 7.74. The normalized spacial score (nSPS) is 14.1. The van der Waals surface area contributed by atoms with Gasteiger partial charge < -0.3 is 10.2 Å². The van der Waals surface area contributed by atoms with Crippen LogP contribution in [0.3, 0.4) is 0 Å². The van der Waals surface area contributed by atoms with Crippen LogP contribution in [0.15, 0.2) is 48.8 Å². The summed E-state index contributed by atoms with van der Waals surface area (Å²) in [7, 11) is 2.18. The van der Waals surface area contributed by atoms with Crippen molar-refractivity contribution in [1.29, 1.82) is 0 Å². The van der Waals surface area contributed by atoms with Crippen molar-refractivity contribution in [2.45, 2.75) is 31.8 Å². The Hall–Kier alpha value is -1.87. The van der Waals surface area contributed by atoms with Gasteiger partial charge in [-0.05, 0) is 48.6 Å². The second-order valence-electron chi connectivity index (χ2n) is 5.81. The van der Waals surface area contributed by atoms with Gasteiger partial charge in [0.25, 0.3) is 0 Å². The van der Waals surface area contributed by atoms with Crippen LogP contribution < -0.4 is 10.2 Å². The third kappa shape index (κ3) is 4.05. The van der Waals surface area contributed by atoms with Gasteiger partial charge in [0.05, 0.1) is 0 Å². The lowest BCUT2D eigenvalue weighted by Crippen LogP contribution is -2.23. The molecule has 21 heavy (non-hydrogen) atoms. The maximum atomic E-state index is 4.07. The maximum absolute atomic E-state index is 4.07. The fourth-order valence-electron chi connectivity index (χ4n) is 2.54. The number of nitrogens with one attached hydrogen (secondary N) is 1. The van der Waals surface area contributed by atoms with Crippen LogP contribution >= 0.6 is 0 Å². The average Bonchev–Trinajstić information content (AvgIpc) is 3.36. The smallest absolute Gasteiger partial charge is 0.0409 e. The summed E-state index contributed by atoms with van der Waals surface area (Å²) < 4.78 is 0. The maximum Gasteiger partial charge on any atom is 0.0409 e. The molecule has 0 atom stereocenters. The van der Waals surface area contributed by atoms with Gasteiger partial charge in [-0.3, -0.25) is 4.98 Å². The fourth-order valence-corrected chi connectivity index (χ4v) is 2.54. The Morgan fingerprint density at radius 2 is 1.90 bits per heavy atom. The molecule has 1 aromatic carbocycles. The van der Waals surface area contributed by atoms with E-state index in [0.29, 0.717) is 0 Å². The molecule has 1 aliphatic rings. The van der Waals surface area contributed by atoms with Gasteiger partial charge in [-0.1, -0.05) is 18.2 Å². The van der Waals surface area contributed by atoms with Crippen molar-refractivity contribution >= 4 is 5.69 Å². The Balaban J connectivity index is 1.61. The molecule has 0 saturated heterocycles. The number of hydrogen-bond donors (Lipinski definition) is 1. The van der Waals surface area contributed by atoms with E-state index < -0.39 is 0 Å². The summed E-state index contributed by atoms with van der Waals surface area (Å²) in [6.45, 7) is 1.99. The molecule has 0 aliphatic heterocycles. The molecule has 0 bridgehead atoms. The molecule has 0 amide bonds. The highest BCUT2D eigenvalue weighted by Crippen LogP contribution is 2.23. The topological polar surface area (TPSA) is 28.2 Å². The number of nitrogens with zero attached hydrogens (tertiary/aromatic N) is 2. The predicted molar refractivity (Wildman–Crippen MR) is 87.5 cm³/mol. The van der Waals surface area contributed by atoms with E-state index in [2.05, 4.69) is 58.6 Å². The van der Waals surface area contributed by atoms with E-state index in [1.54, 1.807) is 0 Å². The second kappa shape index (κ2) is 6.72. The van der Waals surface area contributed by atoms with Gasteiger partial charge in [-0.25, -0.2) is 0 Å². The van der Waals surface area contributed by atoms with E-state index >= 15 is 0 Å². The van der Waals surface area contributed by atoms with Crippen molar-refractivity contribution in [2.75, 3.05) is 18.5 Å². The SMILES string of the molecule is CN(CCc1ccncc1)c1ccccc1CNC1CC1. The third-order valence-corrected chi connectivity index (χ3v) is 4.05. The lowest BCUT2D eigenvalue weighted by molar-refractivity contribution is 0.685. The summed E-state index contributed by atoms with van der Waals surface area (Å²) in [5.41, 5.74) is 4.06. The summed E-state index contributed by atoms with van der Waals surface area (Å²) in [6.07, 6.45) is 7.44. The summed E-state index contributed by atoms with van der Waals surface area (Å²) in [6, 6.07) is 13.6. The highest BCUT2D eigenvalue weighted by Gasteiger charge is 2.20. The number of para-hydroxylation sites is 1. The van der Waals surface area contributed by atoms with Crippen LogP contribution in [0.2, 0.25) is 0 Å². The predicted octanol–water partition coefficient (Wildman–Crippen LogP) is 3.01. The fraction of sp³-hybridized carbons (Fsp3) is 0.389. The first-order chi connectivity index (χ1) is 10.3. The van der Waals surface area contributed by atoms with Crippen LogP contribution in [-0.2, 0) is 13.0 Å². The molecule has 1 aliphatic carbocycles. The first kappa shape index (κ1) is 14.1. The molecule has 1 fully saturated rings. The summed E-state index contributed by atoms with van der Waals surface area (Å²) in [5.74, 6) is 0. The van der Waals surface area contributed by atoms with Crippen molar-refractivity contribution in [3.05, 3.63) is 59.9 Å². The Morgan fingerprint density at radius 1 is 1.14 bits per heavy atom. The quantitative estimate of drug-likeness (QED) is 0.845. The number of anilines is 1. The Morgan fingerprint density at radius 3 is 2.67 bits per heavy atom. The summed E-state index contributed by atoms with van der Waals surface area (Å²) >= 11 is 0. The van der Waals surface area contributed by atoms with Crippen LogP contribution in [0, 0.1) is 0 Å². The van der Waals surface area contributed by atoms with Crippen LogP contribution in [0.25, 0.3) is 0 Å². The molecule has 1 heterocycles. The monoisotopic (exact) mass is 281 g/mol. The zero-order valence-corrected chi connectivity index (χ0v) is 12.6. The van der Waals surface area contributed by atoms with Crippen molar-refractivity contribution in [2.24, 2.45) is 0 Å². The van der Waals surface area contributed by atoms with E-state index in [-0.39, 0.29) is 0 Å². The van der Waals surface area contributed by atoms with E-state index in [4.69, 9.17) is 0 Å².